The summed E-state index contributed by atoms with van der Waals surface area (Å²) in [6.45, 7) is 0.386. The molecule has 0 saturated heterocycles. The molecule has 158 valence electrons. The van der Waals surface area contributed by atoms with E-state index in [1.54, 1.807) is 29.6 Å². The molecular weight excluding hydrogens is 439 g/mol. The SMILES string of the molecule is O=S(=O)(Nc1nccs1)c1ccc(Oc2cccc(OCc3ccccc3)c2)c(F)c1. The van der Waals surface area contributed by atoms with Crippen molar-refractivity contribution in [2.24, 2.45) is 0 Å². The number of sulfonamides is 1. The molecule has 0 bridgehead atoms. The maximum Gasteiger partial charge on any atom is 0.263 e. The van der Waals surface area contributed by atoms with Crippen LogP contribution in [0.25, 0.3) is 0 Å². The average molecular weight is 457 g/mol. The van der Waals surface area contributed by atoms with E-state index in [0.717, 1.165) is 23.0 Å². The molecule has 0 aliphatic carbocycles. The van der Waals surface area contributed by atoms with Gasteiger partial charge in [0.25, 0.3) is 10.0 Å². The Morgan fingerprint density at radius 2 is 1.77 bits per heavy atom. The van der Waals surface area contributed by atoms with E-state index in [2.05, 4.69) is 9.71 Å². The number of thiazole rings is 1. The minimum absolute atomic E-state index is 0.103. The van der Waals surface area contributed by atoms with Crippen molar-refractivity contribution in [3.63, 3.8) is 0 Å². The molecular formula is C22H17FN2O4S2. The van der Waals surface area contributed by atoms with Crippen LogP contribution >= 0.6 is 11.3 Å². The first-order valence-electron chi connectivity index (χ1n) is 9.16. The van der Waals surface area contributed by atoms with Gasteiger partial charge in [-0.3, -0.25) is 4.72 Å². The van der Waals surface area contributed by atoms with E-state index in [4.69, 9.17) is 9.47 Å². The summed E-state index contributed by atoms with van der Waals surface area (Å²) in [6.07, 6.45) is 1.47. The van der Waals surface area contributed by atoms with Crippen LogP contribution in [0, 0.1) is 5.82 Å². The Morgan fingerprint density at radius 1 is 0.968 bits per heavy atom. The minimum Gasteiger partial charge on any atom is -0.489 e. The van der Waals surface area contributed by atoms with Gasteiger partial charge in [0.15, 0.2) is 16.7 Å². The monoisotopic (exact) mass is 456 g/mol. The first kappa shape index (κ1) is 20.8. The number of rotatable bonds is 8. The van der Waals surface area contributed by atoms with E-state index in [1.807, 2.05) is 30.3 Å². The van der Waals surface area contributed by atoms with E-state index in [9.17, 15) is 12.8 Å². The zero-order valence-corrected chi connectivity index (χ0v) is 17.7. The van der Waals surface area contributed by atoms with Crippen molar-refractivity contribution in [1.29, 1.82) is 0 Å². The summed E-state index contributed by atoms with van der Waals surface area (Å²) in [7, 11) is -3.95. The highest BCUT2D eigenvalue weighted by molar-refractivity contribution is 7.93. The summed E-state index contributed by atoms with van der Waals surface area (Å²) in [6, 6.07) is 19.9. The van der Waals surface area contributed by atoms with E-state index in [-0.39, 0.29) is 15.8 Å². The van der Waals surface area contributed by atoms with Crippen molar-refractivity contribution in [1.82, 2.24) is 4.98 Å². The molecule has 0 unspecified atom stereocenters. The number of ether oxygens (including phenoxy) is 2. The predicted octanol–water partition coefficient (Wildman–Crippen LogP) is 5.45. The van der Waals surface area contributed by atoms with Gasteiger partial charge in [-0.1, -0.05) is 36.4 Å². The topological polar surface area (TPSA) is 77.5 Å². The lowest BCUT2D eigenvalue weighted by molar-refractivity contribution is 0.304. The molecule has 4 rings (SSSR count). The number of benzene rings is 3. The van der Waals surface area contributed by atoms with Crippen LogP contribution in [-0.4, -0.2) is 13.4 Å². The van der Waals surface area contributed by atoms with Gasteiger partial charge in [0.1, 0.15) is 18.1 Å². The first-order chi connectivity index (χ1) is 15.0. The van der Waals surface area contributed by atoms with Crippen molar-refractivity contribution in [3.8, 4) is 17.2 Å². The van der Waals surface area contributed by atoms with Gasteiger partial charge < -0.3 is 9.47 Å². The molecule has 0 aliphatic rings. The molecule has 31 heavy (non-hydrogen) atoms. The molecule has 6 nitrogen and oxygen atoms in total. The highest BCUT2D eigenvalue weighted by Crippen LogP contribution is 2.29. The fraction of sp³-hybridized carbons (Fsp3) is 0.0455. The molecule has 1 heterocycles. The van der Waals surface area contributed by atoms with Crippen LogP contribution in [0.1, 0.15) is 5.56 Å². The third-order valence-electron chi connectivity index (χ3n) is 4.15. The maximum atomic E-state index is 14.6. The van der Waals surface area contributed by atoms with Gasteiger partial charge in [0, 0.05) is 17.6 Å². The van der Waals surface area contributed by atoms with Gasteiger partial charge in [0.2, 0.25) is 0 Å². The molecule has 3 aromatic carbocycles. The summed E-state index contributed by atoms with van der Waals surface area (Å²) in [5.41, 5.74) is 1.02. The standard InChI is InChI=1S/C22H17FN2O4S2/c23-20-14-19(31(26,27)25-22-24-11-12-30-22)9-10-21(20)29-18-8-4-7-17(13-18)28-15-16-5-2-1-3-6-16/h1-14H,15H2,(H,24,25). The quantitative estimate of drug-likeness (QED) is 0.381. The molecule has 0 radical (unpaired) electrons. The minimum atomic E-state index is -3.95. The molecule has 4 aromatic rings. The molecule has 0 atom stereocenters. The fourth-order valence-electron chi connectivity index (χ4n) is 2.67. The Labute approximate surface area is 183 Å². The number of hydrogen-bond donors (Lipinski definition) is 1. The van der Waals surface area contributed by atoms with E-state index in [0.29, 0.717) is 18.1 Å². The third kappa shape index (κ3) is 5.39. The Kier molecular flexibility index (Phi) is 6.15. The first-order valence-corrected chi connectivity index (χ1v) is 11.5. The smallest absolute Gasteiger partial charge is 0.263 e. The number of halogens is 1. The van der Waals surface area contributed by atoms with Crippen molar-refractivity contribution >= 4 is 26.5 Å². The van der Waals surface area contributed by atoms with Crippen molar-refractivity contribution < 1.29 is 22.3 Å². The second kappa shape index (κ2) is 9.15. The van der Waals surface area contributed by atoms with E-state index < -0.39 is 15.8 Å². The van der Waals surface area contributed by atoms with Gasteiger partial charge in [-0.05, 0) is 35.9 Å². The summed E-state index contributed by atoms with van der Waals surface area (Å²) < 4.78 is 53.0. The maximum absolute atomic E-state index is 14.6. The van der Waals surface area contributed by atoms with E-state index in [1.165, 1.54) is 18.3 Å². The summed E-state index contributed by atoms with van der Waals surface area (Å²) in [5.74, 6) is 0.0145. The van der Waals surface area contributed by atoms with Crippen LogP contribution in [0.2, 0.25) is 0 Å². The van der Waals surface area contributed by atoms with Crippen LogP contribution in [0.15, 0.2) is 89.3 Å². The zero-order valence-electron chi connectivity index (χ0n) is 16.1. The molecule has 1 aromatic heterocycles. The Balaban J connectivity index is 1.46. The Hall–Kier alpha value is -3.43. The lowest BCUT2D eigenvalue weighted by Crippen LogP contribution is -2.13. The number of nitrogens with zero attached hydrogens (tertiary/aromatic N) is 1. The molecule has 0 fully saturated rings. The lowest BCUT2D eigenvalue weighted by atomic mass is 10.2. The van der Waals surface area contributed by atoms with E-state index >= 15 is 0 Å². The number of anilines is 1. The molecule has 0 aliphatic heterocycles. The average Bonchev–Trinajstić information content (AvgIpc) is 3.27. The van der Waals surface area contributed by atoms with Crippen molar-refractivity contribution in [3.05, 3.63) is 95.8 Å². The largest absolute Gasteiger partial charge is 0.489 e. The Morgan fingerprint density at radius 3 is 2.52 bits per heavy atom. The second-order valence-corrected chi connectivity index (χ2v) is 8.96. The van der Waals surface area contributed by atoms with Crippen LogP contribution in [0.4, 0.5) is 9.52 Å². The number of aromatic nitrogens is 1. The van der Waals surface area contributed by atoms with Gasteiger partial charge in [-0.2, -0.15) is 0 Å². The van der Waals surface area contributed by atoms with Crippen molar-refractivity contribution in [2.75, 3.05) is 4.72 Å². The van der Waals surface area contributed by atoms with Gasteiger partial charge in [-0.15, -0.1) is 11.3 Å². The summed E-state index contributed by atoms with van der Waals surface area (Å²) in [5, 5.41) is 1.83. The van der Waals surface area contributed by atoms with Crippen LogP contribution in [0.5, 0.6) is 17.2 Å². The zero-order chi connectivity index (χ0) is 21.7. The third-order valence-corrected chi connectivity index (χ3v) is 6.30. The van der Waals surface area contributed by atoms with Gasteiger partial charge >= 0.3 is 0 Å². The summed E-state index contributed by atoms with van der Waals surface area (Å²) in [4.78, 5) is 3.63. The lowest BCUT2D eigenvalue weighted by Gasteiger charge is -2.11. The van der Waals surface area contributed by atoms with Crippen molar-refractivity contribution in [2.45, 2.75) is 11.5 Å². The molecule has 1 N–H and O–H groups in total. The number of nitrogens with one attached hydrogen (secondary N) is 1. The highest BCUT2D eigenvalue weighted by Gasteiger charge is 2.18. The second-order valence-electron chi connectivity index (χ2n) is 6.39. The van der Waals surface area contributed by atoms with Gasteiger partial charge in [0.05, 0.1) is 4.90 Å². The molecule has 0 saturated carbocycles. The fourth-order valence-corrected chi connectivity index (χ4v) is 4.47. The normalized spacial score (nSPS) is 11.1. The molecule has 9 heteroatoms. The molecule has 0 amide bonds. The predicted molar refractivity (Wildman–Crippen MR) is 117 cm³/mol. The van der Waals surface area contributed by atoms with Crippen LogP contribution < -0.4 is 14.2 Å². The van der Waals surface area contributed by atoms with Crippen LogP contribution in [-0.2, 0) is 16.6 Å². The summed E-state index contributed by atoms with van der Waals surface area (Å²) >= 11 is 1.13. The highest BCUT2D eigenvalue weighted by atomic mass is 32.2. The molecule has 0 spiro atoms. The van der Waals surface area contributed by atoms with Crippen LogP contribution in [0.3, 0.4) is 0 Å². The van der Waals surface area contributed by atoms with Gasteiger partial charge in [-0.25, -0.2) is 17.8 Å². The Bertz CT molecular complexity index is 1260. The number of hydrogen-bond acceptors (Lipinski definition) is 6.